The molecule has 0 bridgehead atoms. The summed E-state index contributed by atoms with van der Waals surface area (Å²) >= 11 is 0. The average Bonchev–Trinajstić information content (AvgIpc) is 3.41. The second-order valence-electron chi connectivity index (χ2n) is 6.79. The first-order valence-electron chi connectivity index (χ1n) is 9.47. The van der Waals surface area contributed by atoms with Crippen LogP contribution in [0.5, 0.6) is 0 Å². The zero-order chi connectivity index (χ0) is 27.7. The maximum atomic E-state index is 13.1. The maximum Gasteiger partial charge on any atom is 0.454 e. The van der Waals surface area contributed by atoms with Crippen molar-refractivity contribution >= 4 is 11.9 Å². The number of hydrogen-bond acceptors (Lipinski definition) is 10. The van der Waals surface area contributed by atoms with E-state index < -0.39 is 59.6 Å². The summed E-state index contributed by atoms with van der Waals surface area (Å²) in [6.45, 7) is -1.93. The number of nitro groups is 2. The molecule has 0 radical (unpaired) electrons. The minimum atomic E-state index is -6.01. The van der Waals surface area contributed by atoms with Crippen LogP contribution in [0, 0.1) is 20.2 Å². The van der Waals surface area contributed by atoms with Crippen molar-refractivity contribution in [2.45, 2.75) is 43.8 Å². The fourth-order valence-corrected chi connectivity index (χ4v) is 2.47. The van der Waals surface area contributed by atoms with E-state index in [1.54, 1.807) is 0 Å². The van der Waals surface area contributed by atoms with Crippen molar-refractivity contribution in [1.29, 1.82) is 0 Å². The molecule has 3 atom stereocenters. The van der Waals surface area contributed by atoms with Gasteiger partial charge >= 0.3 is 30.4 Å². The van der Waals surface area contributed by atoms with E-state index in [4.69, 9.17) is 4.74 Å². The van der Waals surface area contributed by atoms with Crippen molar-refractivity contribution in [2.24, 2.45) is 0 Å². The molecule has 0 aliphatic heterocycles. The molecule has 0 aromatic carbocycles. The van der Waals surface area contributed by atoms with Gasteiger partial charge in [0.25, 0.3) is 0 Å². The van der Waals surface area contributed by atoms with Gasteiger partial charge in [0, 0.05) is 7.11 Å². The Balaban J connectivity index is 0.000000397. The third kappa shape index (κ3) is 8.39. The summed E-state index contributed by atoms with van der Waals surface area (Å²) in [6.07, 6.45) is -8.48. The molecule has 204 valence electrons. The molecule has 0 spiro atoms. The van der Waals surface area contributed by atoms with E-state index in [0.29, 0.717) is 0 Å². The molecule has 3 unspecified atom stereocenters. The van der Waals surface area contributed by atoms with Crippen LogP contribution in [0.2, 0.25) is 0 Å². The van der Waals surface area contributed by atoms with E-state index in [2.05, 4.69) is 14.7 Å². The van der Waals surface area contributed by atoms with E-state index in [1.807, 2.05) is 0 Å². The Labute approximate surface area is 197 Å². The average molecular weight is 538 g/mol. The molecule has 14 nitrogen and oxygen atoms in total. The largest absolute Gasteiger partial charge is 0.454 e. The molecule has 2 heterocycles. The minimum Gasteiger partial charge on any atom is -0.390 e. The lowest BCUT2D eigenvalue weighted by Gasteiger charge is -2.27. The van der Waals surface area contributed by atoms with Gasteiger partial charge in [-0.15, -0.1) is 0 Å². The number of hydrogen-bond donors (Lipinski definition) is 2. The number of methoxy groups -OCH3 is 1. The Morgan fingerprint density at radius 1 is 0.944 bits per heavy atom. The number of halogens is 6. The lowest BCUT2D eigenvalue weighted by atomic mass is 10.3. The van der Waals surface area contributed by atoms with Crippen LogP contribution < -0.4 is 0 Å². The highest BCUT2D eigenvalue weighted by atomic mass is 19.4. The van der Waals surface area contributed by atoms with Crippen molar-refractivity contribution in [3.8, 4) is 0 Å². The molecule has 2 rings (SSSR count). The van der Waals surface area contributed by atoms with Crippen molar-refractivity contribution in [1.82, 2.24) is 19.1 Å². The van der Waals surface area contributed by atoms with Crippen LogP contribution in [0.3, 0.4) is 0 Å². The van der Waals surface area contributed by atoms with Crippen LogP contribution in [-0.2, 0) is 22.6 Å². The quantitative estimate of drug-likeness (QED) is 0.228. The Morgan fingerprint density at radius 2 is 1.36 bits per heavy atom. The highest BCUT2D eigenvalue weighted by molar-refractivity contribution is 5.07. The van der Waals surface area contributed by atoms with E-state index in [-0.39, 0.29) is 19.1 Å². The predicted octanol–water partition coefficient (Wildman–Crippen LogP) is 1.46. The number of aliphatic hydroxyl groups excluding tert-OH is 2. The third-order valence-corrected chi connectivity index (χ3v) is 4.04. The van der Waals surface area contributed by atoms with Gasteiger partial charge in [-0.05, 0) is 9.85 Å². The SMILES string of the molecule is COCC(O)Cn1ccnc1[N+](=O)[O-].O=[N+]([O-])c1nccn1CC(O)COC(F)(C(F)F)C(F)(F)F. The van der Waals surface area contributed by atoms with Crippen molar-refractivity contribution in [2.75, 3.05) is 20.3 Å². The summed E-state index contributed by atoms with van der Waals surface area (Å²) in [6, 6.07) is 0. The Hall–Kier alpha value is -3.36. The first-order chi connectivity index (χ1) is 16.6. The molecule has 0 saturated heterocycles. The van der Waals surface area contributed by atoms with Crippen LogP contribution in [0.1, 0.15) is 0 Å². The Bertz CT molecular complexity index is 988. The monoisotopic (exact) mass is 538 g/mol. The fraction of sp³-hybridized carbons (Fsp3) is 0.625. The lowest BCUT2D eigenvalue weighted by molar-refractivity contribution is -0.397. The molecule has 2 N–H and O–H groups in total. The number of nitrogens with zero attached hydrogens (tertiary/aromatic N) is 6. The molecule has 2 aromatic heterocycles. The lowest BCUT2D eigenvalue weighted by Crippen LogP contribution is -2.51. The first-order valence-corrected chi connectivity index (χ1v) is 9.47. The van der Waals surface area contributed by atoms with E-state index >= 15 is 0 Å². The molecule has 0 aliphatic carbocycles. The topological polar surface area (TPSA) is 181 Å². The van der Waals surface area contributed by atoms with E-state index in [0.717, 1.165) is 17.0 Å². The molecule has 2 aromatic rings. The normalized spacial score (nSPS) is 15.1. The number of aliphatic hydroxyl groups is 2. The summed E-state index contributed by atoms with van der Waals surface area (Å²) in [5.41, 5.74) is 0. The van der Waals surface area contributed by atoms with Gasteiger partial charge in [0.1, 0.15) is 37.0 Å². The van der Waals surface area contributed by atoms with Gasteiger partial charge in [-0.3, -0.25) is 0 Å². The second-order valence-corrected chi connectivity index (χ2v) is 6.79. The highest BCUT2D eigenvalue weighted by Gasteiger charge is 2.64. The Morgan fingerprint density at radius 3 is 1.69 bits per heavy atom. The molecule has 20 heteroatoms. The van der Waals surface area contributed by atoms with Crippen LogP contribution in [-0.4, -0.2) is 90.1 Å². The Kier molecular flexibility index (Phi) is 11.2. The zero-order valence-electron chi connectivity index (χ0n) is 18.2. The molecule has 0 saturated carbocycles. The van der Waals surface area contributed by atoms with Gasteiger partial charge in [0.15, 0.2) is 0 Å². The van der Waals surface area contributed by atoms with Crippen molar-refractivity contribution < 1.29 is 55.9 Å². The van der Waals surface area contributed by atoms with Crippen LogP contribution in [0.25, 0.3) is 0 Å². The van der Waals surface area contributed by atoms with Crippen molar-refractivity contribution in [3.05, 3.63) is 45.0 Å². The summed E-state index contributed by atoms with van der Waals surface area (Å²) < 4.78 is 84.2. The summed E-state index contributed by atoms with van der Waals surface area (Å²) in [5.74, 6) is -6.26. The van der Waals surface area contributed by atoms with Crippen LogP contribution >= 0.6 is 0 Å². The van der Waals surface area contributed by atoms with Gasteiger partial charge in [0.2, 0.25) is 0 Å². The molecular formula is C16H20F6N6O8. The fourth-order valence-electron chi connectivity index (χ4n) is 2.47. The summed E-state index contributed by atoms with van der Waals surface area (Å²) in [4.78, 5) is 26.2. The number of alkyl halides is 6. The zero-order valence-corrected chi connectivity index (χ0v) is 18.2. The van der Waals surface area contributed by atoms with Crippen molar-refractivity contribution in [3.63, 3.8) is 0 Å². The smallest absolute Gasteiger partial charge is 0.390 e. The summed E-state index contributed by atoms with van der Waals surface area (Å²) in [5, 5.41) is 39.6. The summed E-state index contributed by atoms with van der Waals surface area (Å²) in [7, 11) is 1.45. The first kappa shape index (κ1) is 30.7. The molecular weight excluding hydrogens is 518 g/mol. The molecule has 0 fully saturated rings. The number of ether oxygens (including phenoxy) is 2. The van der Waals surface area contributed by atoms with Gasteiger partial charge in [0.05, 0.1) is 26.3 Å². The third-order valence-electron chi connectivity index (χ3n) is 4.04. The molecule has 0 aliphatic rings. The predicted molar refractivity (Wildman–Crippen MR) is 104 cm³/mol. The maximum absolute atomic E-state index is 13.1. The van der Waals surface area contributed by atoms with E-state index in [9.17, 15) is 56.8 Å². The molecule has 36 heavy (non-hydrogen) atoms. The van der Waals surface area contributed by atoms with Gasteiger partial charge in [-0.1, -0.05) is 9.97 Å². The van der Waals surface area contributed by atoms with Gasteiger partial charge in [-0.2, -0.15) is 17.6 Å². The molecule has 0 amide bonds. The number of aromatic nitrogens is 4. The van der Waals surface area contributed by atoms with Crippen LogP contribution in [0.15, 0.2) is 24.8 Å². The van der Waals surface area contributed by atoms with Crippen LogP contribution in [0.4, 0.5) is 38.2 Å². The standard InChI is InChI=1S/C9H9F6N3O4.C7H11N3O4/c10-6(11)8(12,9(13,14)15)22-4-5(19)3-17-2-1-16-7(17)18(20)21;1-14-5-6(11)4-9-3-2-8-7(9)10(12)13/h1-2,5-6,19H,3-4H2;2-3,6,11H,4-5H2,1H3. The van der Waals surface area contributed by atoms with Gasteiger partial charge in [-0.25, -0.2) is 17.9 Å². The van der Waals surface area contributed by atoms with Gasteiger partial charge < -0.3 is 39.9 Å². The second kappa shape index (κ2) is 13.1. The van der Waals surface area contributed by atoms with E-state index in [1.165, 1.54) is 24.1 Å². The highest BCUT2D eigenvalue weighted by Crippen LogP contribution is 2.40. The number of imidazole rings is 2. The minimum absolute atomic E-state index is 0.101. The number of rotatable bonds is 12.